The molecule has 1 aromatic heterocycles. The van der Waals surface area contributed by atoms with Crippen LogP contribution in [0.1, 0.15) is 36.9 Å². The number of imidazole rings is 1. The van der Waals surface area contributed by atoms with E-state index in [-0.39, 0.29) is 0 Å². The number of aliphatic hydroxyl groups is 1. The maximum absolute atomic E-state index is 12.0. The second-order valence-electron chi connectivity index (χ2n) is 7.44. The SMILES string of the molecule is CCOc1ccccc1-c1c(C)cc2[nH]c(C(O)c3ccc([S+]([O-])CC)cc3)nc2c1Cl. The number of nitrogens with zero attached hydrogens (tertiary/aromatic N) is 1. The van der Waals surface area contributed by atoms with E-state index in [1.807, 2.05) is 51.1 Å². The molecule has 0 saturated heterocycles. The molecular weight excluding hydrogens is 444 g/mol. The molecule has 1 heterocycles. The zero-order valence-corrected chi connectivity index (χ0v) is 19.8. The van der Waals surface area contributed by atoms with Crippen LogP contribution in [0.25, 0.3) is 22.2 Å². The fraction of sp³-hybridized carbons (Fsp3) is 0.240. The van der Waals surface area contributed by atoms with Gasteiger partial charge in [0.2, 0.25) is 0 Å². The molecule has 0 aliphatic carbocycles. The lowest BCUT2D eigenvalue weighted by Crippen LogP contribution is -2.05. The number of H-pyrrole nitrogens is 1. The molecule has 0 fully saturated rings. The second-order valence-corrected chi connectivity index (χ2v) is 9.55. The van der Waals surface area contributed by atoms with Crippen molar-refractivity contribution in [2.45, 2.75) is 31.8 Å². The van der Waals surface area contributed by atoms with E-state index in [2.05, 4.69) is 9.97 Å². The summed E-state index contributed by atoms with van der Waals surface area (Å²) in [5.41, 5.74) is 4.76. The van der Waals surface area contributed by atoms with E-state index < -0.39 is 17.3 Å². The number of hydrogen-bond donors (Lipinski definition) is 2. The molecule has 5 nitrogen and oxygen atoms in total. The van der Waals surface area contributed by atoms with Crippen LogP contribution < -0.4 is 4.74 Å². The van der Waals surface area contributed by atoms with Gasteiger partial charge in [-0.3, -0.25) is 0 Å². The van der Waals surface area contributed by atoms with Gasteiger partial charge in [0.15, 0.2) is 4.90 Å². The van der Waals surface area contributed by atoms with Crippen molar-refractivity contribution in [1.29, 1.82) is 0 Å². The van der Waals surface area contributed by atoms with Crippen LogP contribution in [0, 0.1) is 6.92 Å². The number of aromatic amines is 1. The quantitative estimate of drug-likeness (QED) is 0.336. The minimum Gasteiger partial charge on any atom is -0.611 e. The third-order valence-electron chi connectivity index (χ3n) is 5.37. The van der Waals surface area contributed by atoms with Crippen LogP contribution in [0.4, 0.5) is 0 Å². The predicted octanol–water partition coefficient (Wildman–Crippen LogP) is 5.80. The van der Waals surface area contributed by atoms with Gasteiger partial charge < -0.3 is 19.4 Å². The summed E-state index contributed by atoms with van der Waals surface area (Å²) >= 11 is 5.80. The fourth-order valence-electron chi connectivity index (χ4n) is 3.80. The van der Waals surface area contributed by atoms with Gasteiger partial charge in [0.25, 0.3) is 0 Å². The monoisotopic (exact) mass is 468 g/mol. The highest BCUT2D eigenvalue weighted by molar-refractivity contribution is 7.91. The van der Waals surface area contributed by atoms with Crippen molar-refractivity contribution >= 4 is 33.8 Å². The van der Waals surface area contributed by atoms with Crippen molar-refractivity contribution in [3.8, 4) is 16.9 Å². The highest BCUT2D eigenvalue weighted by Gasteiger charge is 2.21. The number of para-hydroxylation sites is 1. The standard InChI is InChI=1S/C25H25ClN2O3S/c1-4-31-20-9-7-6-8-18(20)21-15(3)14-19-23(22(21)26)28-25(27-19)24(29)16-10-12-17(13-11-16)32(30)5-2/h6-14,24,29H,4-5H2,1-3H3,(H,27,28). The number of benzene rings is 3. The molecule has 4 aromatic rings. The summed E-state index contributed by atoms with van der Waals surface area (Å²) in [5.74, 6) is 1.72. The summed E-state index contributed by atoms with van der Waals surface area (Å²) < 4.78 is 17.8. The first kappa shape index (κ1) is 22.7. The van der Waals surface area contributed by atoms with Crippen molar-refractivity contribution in [2.75, 3.05) is 12.4 Å². The van der Waals surface area contributed by atoms with Gasteiger partial charge in [0.1, 0.15) is 28.9 Å². The average molecular weight is 469 g/mol. The van der Waals surface area contributed by atoms with Crippen molar-refractivity contribution in [3.63, 3.8) is 0 Å². The van der Waals surface area contributed by atoms with Crippen molar-refractivity contribution in [3.05, 3.63) is 76.6 Å². The number of fused-ring (bicyclic) bond motifs is 1. The summed E-state index contributed by atoms with van der Waals surface area (Å²) in [6.45, 7) is 6.37. The van der Waals surface area contributed by atoms with Gasteiger partial charge in [-0.2, -0.15) is 0 Å². The fourth-order valence-corrected chi connectivity index (χ4v) is 4.97. The topological polar surface area (TPSA) is 81.2 Å². The van der Waals surface area contributed by atoms with E-state index in [0.717, 1.165) is 32.9 Å². The van der Waals surface area contributed by atoms with E-state index in [9.17, 15) is 9.66 Å². The van der Waals surface area contributed by atoms with E-state index in [1.165, 1.54) is 0 Å². The van der Waals surface area contributed by atoms with Crippen molar-refractivity contribution < 1.29 is 14.4 Å². The van der Waals surface area contributed by atoms with E-state index in [1.54, 1.807) is 24.3 Å². The number of hydrogen-bond acceptors (Lipinski definition) is 4. The first-order chi connectivity index (χ1) is 15.4. The van der Waals surface area contributed by atoms with E-state index >= 15 is 0 Å². The minimum atomic E-state index is -1.03. The smallest absolute Gasteiger partial charge is 0.152 e. The third-order valence-corrected chi connectivity index (χ3v) is 7.06. The van der Waals surface area contributed by atoms with Gasteiger partial charge in [0.05, 0.1) is 17.1 Å². The number of aliphatic hydroxyl groups excluding tert-OH is 1. The maximum atomic E-state index is 12.0. The van der Waals surface area contributed by atoms with Gasteiger partial charge in [-0.25, -0.2) is 4.98 Å². The van der Waals surface area contributed by atoms with Crippen LogP contribution in [0.5, 0.6) is 5.75 Å². The molecule has 0 spiro atoms. The van der Waals surface area contributed by atoms with Gasteiger partial charge in [0, 0.05) is 11.1 Å². The van der Waals surface area contributed by atoms with Gasteiger partial charge in [-0.05, 0) is 67.3 Å². The molecule has 4 rings (SSSR count). The number of halogens is 1. The second kappa shape index (κ2) is 9.55. The molecule has 2 N–H and O–H groups in total. The van der Waals surface area contributed by atoms with Crippen LogP contribution in [0.2, 0.25) is 5.02 Å². The van der Waals surface area contributed by atoms with Crippen LogP contribution >= 0.6 is 11.6 Å². The Morgan fingerprint density at radius 1 is 1.16 bits per heavy atom. The zero-order chi connectivity index (χ0) is 22.8. The molecule has 3 aromatic carbocycles. The lowest BCUT2D eigenvalue weighted by molar-refractivity contribution is 0.211. The molecule has 0 radical (unpaired) electrons. The highest BCUT2D eigenvalue weighted by atomic mass is 35.5. The maximum Gasteiger partial charge on any atom is 0.152 e. The summed E-state index contributed by atoms with van der Waals surface area (Å²) in [6.07, 6.45) is -0.956. The Kier molecular flexibility index (Phi) is 6.76. The molecule has 0 bridgehead atoms. The Morgan fingerprint density at radius 2 is 1.88 bits per heavy atom. The molecule has 0 aliphatic rings. The molecule has 0 amide bonds. The first-order valence-electron chi connectivity index (χ1n) is 10.5. The number of nitrogens with one attached hydrogen (secondary N) is 1. The van der Waals surface area contributed by atoms with Crippen LogP contribution in [0.15, 0.2) is 59.5 Å². The number of rotatable bonds is 7. The summed E-state index contributed by atoms with van der Waals surface area (Å²) in [5, 5.41) is 11.4. The van der Waals surface area contributed by atoms with E-state index in [4.69, 9.17) is 16.3 Å². The average Bonchev–Trinajstić information content (AvgIpc) is 3.23. The molecule has 32 heavy (non-hydrogen) atoms. The van der Waals surface area contributed by atoms with Crippen molar-refractivity contribution in [1.82, 2.24) is 9.97 Å². The van der Waals surface area contributed by atoms with Gasteiger partial charge in [-0.15, -0.1) is 0 Å². The van der Waals surface area contributed by atoms with Crippen molar-refractivity contribution in [2.24, 2.45) is 0 Å². The predicted molar refractivity (Wildman–Crippen MR) is 130 cm³/mol. The third kappa shape index (κ3) is 4.24. The van der Waals surface area contributed by atoms with Crippen LogP contribution in [-0.4, -0.2) is 32.0 Å². The summed E-state index contributed by atoms with van der Waals surface area (Å²) in [7, 11) is 0. The Hall–Kier alpha value is -2.51. The first-order valence-corrected chi connectivity index (χ1v) is 12.2. The van der Waals surface area contributed by atoms with Crippen LogP contribution in [-0.2, 0) is 11.2 Å². The van der Waals surface area contributed by atoms with Gasteiger partial charge >= 0.3 is 0 Å². The minimum absolute atomic E-state index is 0.404. The Morgan fingerprint density at radius 3 is 2.56 bits per heavy atom. The molecule has 2 unspecified atom stereocenters. The Balaban J connectivity index is 1.75. The lowest BCUT2D eigenvalue weighted by atomic mass is 9.98. The summed E-state index contributed by atoms with van der Waals surface area (Å²) in [6, 6.07) is 16.9. The molecule has 7 heteroatoms. The zero-order valence-electron chi connectivity index (χ0n) is 18.2. The lowest BCUT2D eigenvalue weighted by Gasteiger charge is -2.14. The number of aromatic nitrogens is 2. The van der Waals surface area contributed by atoms with Gasteiger partial charge in [-0.1, -0.05) is 41.9 Å². The summed E-state index contributed by atoms with van der Waals surface area (Å²) in [4.78, 5) is 8.57. The molecule has 2 atom stereocenters. The highest BCUT2D eigenvalue weighted by Crippen LogP contribution is 2.41. The number of ether oxygens (including phenoxy) is 1. The normalized spacial score (nSPS) is 13.3. The molecule has 0 saturated carbocycles. The number of aryl methyl sites for hydroxylation is 1. The molecule has 0 aliphatic heterocycles. The van der Waals surface area contributed by atoms with Crippen LogP contribution in [0.3, 0.4) is 0 Å². The Labute approximate surface area is 195 Å². The Bertz CT molecular complexity index is 1240. The largest absolute Gasteiger partial charge is 0.611 e. The molecule has 166 valence electrons. The van der Waals surface area contributed by atoms with E-state index in [0.29, 0.717) is 34.3 Å². The molecular formula is C25H25ClN2O3S.